The zero-order valence-electron chi connectivity index (χ0n) is 15.6. The van der Waals surface area contributed by atoms with Crippen LogP contribution in [0, 0.1) is 0 Å². The van der Waals surface area contributed by atoms with Crippen LogP contribution in [-0.4, -0.2) is 41.6 Å². The van der Waals surface area contributed by atoms with Crippen molar-refractivity contribution in [3.05, 3.63) is 36.0 Å². The van der Waals surface area contributed by atoms with E-state index in [0.29, 0.717) is 6.20 Å². The van der Waals surface area contributed by atoms with Gasteiger partial charge in [-0.05, 0) is 30.7 Å². The lowest BCUT2D eigenvalue weighted by molar-refractivity contribution is -0.143. The molecule has 1 aromatic carbocycles. The molecule has 0 saturated heterocycles. The van der Waals surface area contributed by atoms with Crippen molar-refractivity contribution in [2.24, 2.45) is 5.14 Å². The van der Waals surface area contributed by atoms with E-state index in [0.717, 1.165) is 12.1 Å². The maximum atomic E-state index is 13.6. The Kier molecular flexibility index (Phi) is 6.08. The summed E-state index contributed by atoms with van der Waals surface area (Å²) in [7, 11) is -3.94. The van der Waals surface area contributed by atoms with Crippen LogP contribution < -0.4 is 15.2 Å². The molecule has 8 nitrogen and oxygen atoms in total. The molecule has 1 heterocycles. The van der Waals surface area contributed by atoms with Crippen molar-refractivity contribution in [3.63, 3.8) is 0 Å². The van der Waals surface area contributed by atoms with Crippen molar-refractivity contribution in [3.8, 4) is 5.88 Å². The first-order chi connectivity index (χ1) is 14.2. The van der Waals surface area contributed by atoms with Crippen LogP contribution in [0.25, 0.3) is 0 Å². The molecule has 1 saturated carbocycles. The Balaban J connectivity index is 1.88. The third-order valence-corrected chi connectivity index (χ3v) is 5.43. The van der Waals surface area contributed by atoms with Crippen molar-refractivity contribution < 1.29 is 40.2 Å². The van der Waals surface area contributed by atoms with Crippen LogP contribution >= 0.6 is 0 Å². The number of halogens is 5. The van der Waals surface area contributed by atoms with E-state index < -0.39 is 58.6 Å². The van der Waals surface area contributed by atoms with Gasteiger partial charge >= 0.3 is 6.18 Å². The smallest absolute Gasteiger partial charge is 0.423 e. The number of aromatic nitrogens is 2. The quantitative estimate of drug-likeness (QED) is 0.576. The van der Waals surface area contributed by atoms with E-state index in [4.69, 9.17) is 9.88 Å². The lowest BCUT2D eigenvalue weighted by Gasteiger charge is -2.33. The van der Waals surface area contributed by atoms with E-state index >= 15 is 0 Å². The Bertz CT molecular complexity index is 1050. The topological polar surface area (TPSA) is 127 Å². The second-order valence-corrected chi connectivity index (χ2v) is 8.49. The minimum atomic E-state index is -4.94. The van der Waals surface area contributed by atoms with Crippen LogP contribution in [0.4, 0.5) is 33.6 Å². The van der Waals surface area contributed by atoms with Crippen LogP contribution in [-0.2, 0) is 16.2 Å². The molecule has 1 aliphatic carbocycles. The molecule has 1 aromatic heterocycles. The fraction of sp³-hybridized carbons (Fsp3) is 0.412. The summed E-state index contributed by atoms with van der Waals surface area (Å²) in [6, 6.07) is 4.85. The SMILES string of the molecule is NS(=O)(=O)c1ccc(Nc2ncc(C(F)(F)F)c(O[C@@H]3CC(F)(F)CC[C@@H]3O)n2)cc1. The number of benzene rings is 1. The van der Waals surface area contributed by atoms with Crippen molar-refractivity contribution >= 4 is 21.7 Å². The van der Waals surface area contributed by atoms with Gasteiger partial charge in [0, 0.05) is 18.3 Å². The highest BCUT2D eigenvalue weighted by Crippen LogP contribution is 2.39. The molecule has 2 aromatic rings. The zero-order valence-corrected chi connectivity index (χ0v) is 16.4. The molecule has 1 aliphatic rings. The predicted octanol–water partition coefficient (Wildman–Crippen LogP) is 2.81. The number of anilines is 2. The number of nitrogens with zero attached hydrogens (tertiary/aromatic N) is 2. The molecule has 3 rings (SSSR count). The first-order valence-corrected chi connectivity index (χ1v) is 10.4. The van der Waals surface area contributed by atoms with E-state index in [1.807, 2.05) is 0 Å². The van der Waals surface area contributed by atoms with E-state index in [-0.39, 0.29) is 23.0 Å². The summed E-state index contributed by atoms with van der Waals surface area (Å²) in [4.78, 5) is 6.96. The number of hydrogen-bond donors (Lipinski definition) is 3. The fourth-order valence-electron chi connectivity index (χ4n) is 2.91. The molecule has 31 heavy (non-hydrogen) atoms. The van der Waals surface area contributed by atoms with Crippen LogP contribution in [0.15, 0.2) is 35.4 Å². The molecule has 0 bridgehead atoms. The summed E-state index contributed by atoms with van der Waals surface area (Å²) in [5.41, 5.74) is -1.19. The number of nitrogens with one attached hydrogen (secondary N) is 1. The Morgan fingerprint density at radius 3 is 2.45 bits per heavy atom. The van der Waals surface area contributed by atoms with Gasteiger partial charge in [-0.2, -0.15) is 18.2 Å². The molecule has 2 atom stereocenters. The lowest BCUT2D eigenvalue weighted by Crippen LogP contribution is -2.43. The van der Waals surface area contributed by atoms with Gasteiger partial charge in [0.25, 0.3) is 5.92 Å². The molecule has 1 fully saturated rings. The van der Waals surface area contributed by atoms with E-state index in [2.05, 4.69) is 15.3 Å². The number of primary sulfonamides is 1. The van der Waals surface area contributed by atoms with Crippen LogP contribution in [0.3, 0.4) is 0 Å². The molecule has 0 aliphatic heterocycles. The highest BCUT2D eigenvalue weighted by molar-refractivity contribution is 7.89. The molecule has 4 N–H and O–H groups in total. The second kappa shape index (κ2) is 8.16. The van der Waals surface area contributed by atoms with Gasteiger partial charge in [-0.3, -0.25) is 0 Å². The van der Waals surface area contributed by atoms with Gasteiger partial charge in [0.05, 0.1) is 17.4 Å². The summed E-state index contributed by atoms with van der Waals surface area (Å²) >= 11 is 0. The third kappa shape index (κ3) is 5.77. The lowest BCUT2D eigenvalue weighted by atomic mass is 9.91. The monoisotopic (exact) mass is 468 g/mol. The first-order valence-electron chi connectivity index (χ1n) is 8.81. The normalized spacial score (nSPS) is 21.5. The number of sulfonamides is 1. The van der Waals surface area contributed by atoms with Gasteiger partial charge in [0.2, 0.25) is 21.9 Å². The molecule has 0 amide bonds. The molecule has 0 spiro atoms. The second-order valence-electron chi connectivity index (χ2n) is 6.93. The van der Waals surface area contributed by atoms with Gasteiger partial charge in [-0.15, -0.1) is 0 Å². The Morgan fingerprint density at radius 2 is 1.87 bits per heavy atom. The van der Waals surface area contributed by atoms with E-state index in [1.54, 1.807) is 0 Å². The van der Waals surface area contributed by atoms with Gasteiger partial charge in [-0.1, -0.05) is 0 Å². The first kappa shape index (κ1) is 23.1. The number of nitrogens with two attached hydrogens (primary N) is 1. The van der Waals surface area contributed by atoms with Gasteiger partial charge < -0.3 is 15.2 Å². The highest BCUT2D eigenvalue weighted by atomic mass is 32.2. The molecular weight excluding hydrogens is 451 g/mol. The molecule has 0 unspecified atom stereocenters. The van der Waals surface area contributed by atoms with E-state index in [1.165, 1.54) is 12.1 Å². The number of rotatable bonds is 5. The number of alkyl halides is 5. The van der Waals surface area contributed by atoms with Crippen molar-refractivity contribution in [2.75, 3.05) is 5.32 Å². The summed E-state index contributed by atoms with van der Waals surface area (Å²) < 4.78 is 94.8. The standard InChI is InChI=1S/C17H17F5N4O4S/c18-16(19)6-5-12(27)13(7-16)30-14-11(17(20,21)22)8-24-15(26-14)25-9-1-3-10(4-2-9)31(23,28)29/h1-4,8,12-13,27H,5-7H2,(H2,23,28,29)(H,24,25,26)/t12-,13+/m0/s1. The summed E-state index contributed by atoms with van der Waals surface area (Å²) in [5.74, 6) is -4.59. The fourth-order valence-corrected chi connectivity index (χ4v) is 3.42. The number of aliphatic hydroxyl groups is 1. The van der Waals surface area contributed by atoms with Gasteiger partial charge in [0.1, 0.15) is 11.7 Å². The average Bonchev–Trinajstić information content (AvgIpc) is 2.63. The minimum absolute atomic E-state index is 0.192. The summed E-state index contributed by atoms with van der Waals surface area (Å²) in [6.45, 7) is 0. The maximum absolute atomic E-state index is 13.6. The number of ether oxygens (including phenoxy) is 1. The van der Waals surface area contributed by atoms with Crippen LogP contribution in [0.2, 0.25) is 0 Å². The van der Waals surface area contributed by atoms with Crippen molar-refractivity contribution in [2.45, 2.75) is 48.5 Å². The Hall–Kier alpha value is -2.58. The maximum Gasteiger partial charge on any atom is 0.423 e. The van der Waals surface area contributed by atoms with Crippen LogP contribution in [0.1, 0.15) is 24.8 Å². The number of aliphatic hydroxyl groups excluding tert-OH is 1. The van der Waals surface area contributed by atoms with Crippen molar-refractivity contribution in [1.29, 1.82) is 0 Å². The molecular formula is C17H17F5N4O4S. The van der Waals surface area contributed by atoms with Crippen molar-refractivity contribution in [1.82, 2.24) is 9.97 Å². The number of hydrogen-bond acceptors (Lipinski definition) is 7. The summed E-state index contributed by atoms with van der Waals surface area (Å²) in [5, 5.41) is 17.4. The molecule has 0 radical (unpaired) electrons. The minimum Gasteiger partial charge on any atom is -0.471 e. The largest absolute Gasteiger partial charge is 0.471 e. The average molecular weight is 468 g/mol. The highest BCUT2D eigenvalue weighted by Gasteiger charge is 2.44. The molecule has 14 heteroatoms. The zero-order chi connectivity index (χ0) is 23.0. The van der Waals surface area contributed by atoms with Gasteiger partial charge in [-0.25, -0.2) is 27.3 Å². The Morgan fingerprint density at radius 1 is 1.23 bits per heavy atom. The van der Waals surface area contributed by atoms with Gasteiger partial charge in [0.15, 0.2) is 0 Å². The van der Waals surface area contributed by atoms with Crippen LogP contribution in [0.5, 0.6) is 5.88 Å². The molecule has 170 valence electrons. The Labute approximate surface area is 173 Å². The van der Waals surface area contributed by atoms with E-state index in [9.17, 15) is 35.5 Å². The summed E-state index contributed by atoms with van der Waals surface area (Å²) in [6.07, 6.45) is -9.42. The predicted molar refractivity (Wildman–Crippen MR) is 97.4 cm³/mol. The third-order valence-electron chi connectivity index (χ3n) is 4.50.